The first-order valence-electron chi connectivity index (χ1n) is 9.19. The third-order valence-electron chi connectivity index (χ3n) is 5.03. The molecule has 1 N–H and O–H groups in total. The minimum atomic E-state index is -0.880. The van der Waals surface area contributed by atoms with Crippen molar-refractivity contribution in [1.82, 2.24) is 9.88 Å². The molecule has 27 heavy (non-hydrogen) atoms. The number of hydrogen-bond acceptors (Lipinski definition) is 4. The van der Waals surface area contributed by atoms with Crippen LogP contribution in [0.3, 0.4) is 0 Å². The van der Waals surface area contributed by atoms with Gasteiger partial charge >= 0.3 is 5.97 Å². The summed E-state index contributed by atoms with van der Waals surface area (Å²) in [5.74, 6) is -1.51. The third kappa shape index (κ3) is 4.27. The summed E-state index contributed by atoms with van der Waals surface area (Å²) in [6, 6.07) is 12.8. The highest BCUT2D eigenvalue weighted by molar-refractivity contribution is 5.95. The average molecular weight is 368 g/mol. The van der Waals surface area contributed by atoms with Crippen LogP contribution < -0.4 is 4.74 Å². The minimum absolute atomic E-state index is 0.00786. The van der Waals surface area contributed by atoms with Gasteiger partial charge in [0, 0.05) is 36.8 Å². The molecule has 2 aromatic rings. The molecule has 0 spiro atoms. The topological polar surface area (TPSA) is 79.7 Å². The highest BCUT2D eigenvalue weighted by Gasteiger charge is 2.40. The number of pyridine rings is 1. The van der Waals surface area contributed by atoms with Crippen molar-refractivity contribution >= 4 is 11.9 Å². The number of carboxylic acid groups (broad SMARTS) is 1. The molecule has 1 aliphatic heterocycles. The highest BCUT2D eigenvalue weighted by atomic mass is 16.5. The Balaban J connectivity index is 1.79. The third-order valence-corrected chi connectivity index (χ3v) is 5.03. The van der Waals surface area contributed by atoms with Crippen molar-refractivity contribution in [2.24, 2.45) is 5.92 Å². The summed E-state index contributed by atoms with van der Waals surface area (Å²) >= 11 is 0. The van der Waals surface area contributed by atoms with Crippen molar-refractivity contribution in [3.05, 3.63) is 59.8 Å². The Labute approximate surface area is 158 Å². The lowest BCUT2D eigenvalue weighted by Gasteiger charge is -2.17. The van der Waals surface area contributed by atoms with Crippen LogP contribution in [0.1, 0.15) is 42.1 Å². The van der Waals surface area contributed by atoms with Crippen molar-refractivity contribution < 1.29 is 19.4 Å². The number of benzene rings is 1. The number of ether oxygens (including phenoxy) is 1. The second kappa shape index (κ2) is 8.20. The zero-order chi connectivity index (χ0) is 19.4. The molecule has 1 aromatic carbocycles. The number of hydrogen-bond donors (Lipinski definition) is 1. The number of rotatable bonds is 6. The van der Waals surface area contributed by atoms with Gasteiger partial charge in [-0.2, -0.15) is 0 Å². The molecule has 1 unspecified atom stereocenters. The Morgan fingerprint density at radius 3 is 2.67 bits per heavy atom. The molecule has 1 amide bonds. The van der Waals surface area contributed by atoms with Crippen molar-refractivity contribution in [2.75, 3.05) is 13.1 Å². The van der Waals surface area contributed by atoms with Crippen LogP contribution in [0.5, 0.6) is 5.88 Å². The maximum atomic E-state index is 12.9. The maximum Gasteiger partial charge on any atom is 0.308 e. The first-order chi connectivity index (χ1) is 13.0. The van der Waals surface area contributed by atoms with E-state index < -0.39 is 11.9 Å². The van der Waals surface area contributed by atoms with Crippen molar-refractivity contribution in [3.8, 4) is 5.88 Å². The van der Waals surface area contributed by atoms with Crippen LogP contribution in [0.15, 0.2) is 48.7 Å². The van der Waals surface area contributed by atoms with E-state index in [1.54, 1.807) is 23.2 Å². The SMILES string of the molecule is CCC(C)Oc1cc(C(=O)N2C[C@H](C(=O)O)[C@H](c3ccccc3)C2)ccn1. The summed E-state index contributed by atoms with van der Waals surface area (Å²) in [6.45, 7) is 4.53. The number of aromatic nitrogens is 1. The van der Waals surface area contributed by atoms with Gasteiger partial charge < -0.3 is 14.7 Å². The van der Waals surface area contributed by atoms with Crippen molar-refractivity contribution in [1.29, 1.82) is 0 Å². The summed E-state index contributed by atoms with van der Waals surface area (Å²) in [5.41, 5.74) is 1.40. The standard InChI is InChI=1S/C21H24N2O4/c1-3-14(2)27-19-11-16(9-10-22-19)20(24)23-12-17(18(13-23)21(25)26)15-7-5-4-6-8-15/h4-11,14,17-18H,3,12-13H2,1-2H3,(H,25,26)/t14?,17-,18-/m0/s1. The van der Waals surface area contributed by atoms with Crippen LogP contribution in [0.4, 0.5) is 0 Å². The number of aliphatic carboxylic acids is 1. The summed E-state index contributed by atoms with van der Waals surface area (Å²) in [7, 11) is 0. The van der Waals surface area contributed by atoms with E-state index >= 15 is 0 Å². The molecular formula is C21H24N2O4. The molecule has 1 saturated heterocycles. The lowest BCUT2D eigenvalue weighted by molar-refractivity contribution is -0.141. The molecule has 3 rings (SSSR count). The molecule has 142 valence electrons. The molecule has 0 bridgehead atoms. The van der Waals surface area contributed by atoms with Crippen LogP contribution in [0.25, 0.3) is 0 Å². The number of amides is 1. The van der Waals surface area contributed by atoms with E-state index in [1.165, 1.54) is 0 Å². The summed E-state index contributed by atoms with van der Waals surface area (Å²) in [6.07, 6.45) is 2.39. The van der Waals surface area contributed by atoms with Gasteiger partial charge in [-0.25, -0.2) is 4.98 Å². The van der Waals surface area contributed by atoms with Gasteiger partial charge in [-0.1, -0.05) is 37.3 Å². The van der Waals surface area contributed by atoms with Gasteiger partial charge in [0.25, 0.3) is 5.91 Å². The lowest BCUT2D eigenvalue weighted by Crippen LogP contribution is -2.30. The monoisotopic (exact) mass is 368 g/mol. The zero-order valence-corrected chi connectivity index (χ0v) is 15.5. The largest absolute Gasteiger partial charge is 0.481 e. The fraction of sp³-hybridized carbons (Fsp3) is 0.381. The van der Waals surface area contributed by atoms with Gasteiger partial charge in [0.05, 0.1) is 12.0 Å². The average Bonchev–Trinajstić information content (AvgIpc) is 3.14. The number of carbonyl (C=O) groups is 2. The van der Waals surface area contributed by atoms with Gasteiger partial charge in [0.15, 0.2) is 0 Å². The molecule has 0 radical (unpaired) electrons. The fourth-order valence-electron chi connectivity index (χ4n) is 3.34. The molecule has 6 nitrogen and oxygen atoms in total. The summed E-state index contributed by atoms with van der Waals surface area (Å²) in [4.78, 5) is 30.4. The van der Waals surface area contributed by atoms with E-state index in [-0.39, 0.29) is 24.5 Å². The molecule has 1 fully saturated rings. The van der Waals surface area contributed by atoms with Crippen LogP contribution >= 0.6 is 0 Å². The first-order valence-corrected chi connectivity index (χ1v) is 9.19. The molecular weight excluding hydrogens is 344 g/mol. The zero-order valence-electron chi connectivity index (χ0n) is 15.5. The van der Waals surface area contributed by atoms with E-state index in [2.05, 4.69) is 4.98 Å². The highest BCUT2D eigenvalue weighted by Crippen LogP contribution is 2.33. The minimum Gasteiger partial charge on any atom is -0.481 e. The summed E-state index contributed by atoms with van der Waals surface area (Å²) < 4.78 is 5.69. The molecule has 1 aliphatic rings. The van der Waals surface area contributed by atoms with Gasteiger partial charge in [-0.3, -0.25) is 9.59 Å². The van der Waals surface area contributed by atoms with Crippen LogP contribution in [0.2, 0.25) is 0 Å². The Hall–Kier alpha value is -2.89. The number of carboxylic acids is 1. The van der Waals surface area contributed by atoms with E-state index in [9.17, 15) is 14.7 Å². The smallest absolute Gasteiger partial charge is 0.308 e. The van der Waals surface area contributed by atoms with Gasteiger partial charge in [-0.15, -0.1) is 0 Å². The quantitative estimate of drug-likeness (QED) is 0.847. The van der Waals surface area contributed by atoms with E-state index in [0.29, 0.717) is 18.0 Å². The first kappa shape index (κ1) is 18.9. The predicted octanol–water partition coefficient (Wildman–Crippen LogP) is 3.20. The normalized spacial score (nSPS) is 20.3. The lowest BCUT2D eigenvalue weighted by atomic mass is 9.89. The number of likely N-dealkylation sites (tertiary alicyclic amines) is 1. The second-order valence-electron chi connectivity index (χ2n) is 6.89. The second-order valence-corrected chi connectivity index (χ2v) is 6.89. The predicted molar refractivity (Wildman–Crippen MR) is 101 cm³/mol. The molecule has 3 atom stereocenters. The molecule has 2 heterocycles. The maximum absolute atomic E-state index is 12.9. The van der Waals surface area contributed by atoms with Gasteiger partial charge in [0.1, 0.15) is 0 Å². The van der Waals surface area contributed by atoms with E-state index in [0.717, 1.165) is 12.0 Å². The Bertz CT molecular complexity index is 809. The van der Waals surface area contributed by atoms with Gasteiger partial charge in [0.2, 0.25) is 5.88 Å². The Morgan fingerprint density at radius 1 is 1.26 bits per heavy atom. The molecule has 0 aliphatic carbocycles. The van der Waals surface area contributed by atoms with E-state index in [1.807, 2.05) is 44.2 Å². The van der Waals surface area contributed by atoms with Crippen molar-refractivity contribution in [3.63, 3.8) is 0 Å². The Kier molecular flexibility index (Phi) is 5.74. The van der Waals surface area contributed by atoms with Crippen LogP contribution in [-0.2, 0) is 4.79 Å². The van der Waals surface area contributed by atoms with Crippen molar-refractivity contribution in [2.45, 2.75) is 32.3 Å². The Morgan fingerprint density at radius 2 is 2.00 bits per heavy atom. The molecule has 6 heteroatoms. The molecule has 1 aromatic heterocycles. The summed E-state index contributed by atoms with van der Waals surface area (Å²) in [5, 5.41) is 9.62. The molecule has 0 saturated carbocycles. The number of carbonyl (C=O) groups excluding carboxylic acids is 1. The van der Waals surface area contributed by atoms with Crippen LogP contribution in [0, 0.1) is 5.92 Å². The number of nitrogens with zero attached hydrogens (tertiary/aromatic N) is 2. The van der Waals surface area contributed by atoms with Crippen LogP contribution in [-0.4, -0.2) is 46.1 Å². The van der Waals surface area contributed by atoms with E-state index in [4.69, 9.17) is 4.74 Å². The fourth-order valence-corrected chi connectivity index (χ4v) is 3.34. The van der Waals surface area contributed by atoms with Gasteiger partial charge in [-0.05, 0) is 25.0 Å².